The molecule has 1 aromatic carbocycles. The average Bonchev–Trinajstić information content (AvgIpc) is 2.95. The van der Waals surface area contributed by atoms with Gasteiger partial charge in [0.1, 0.15) is 5.01 Å². The Morgan fingerprint density at radius 2 is 2.23 bits per heavy atom. The summed E-state index contributed by atoms with van der Waals surface area (Å²) in [5.74, 6) is -0.221. The quantitative estimate of drug-likeness (QED) is 0.903. The number of nitrogens with one attached hydrogen (secondary N) is 1. The van der Waals surface area contributed by atoms with E-state index in [0.29, 0.717) is 19.6 Å². The third kappa shape index (κ3) is 3.19. The maximum Gasteiger partial charge on any atom is 0.314 e. The Kier molecular flexibility index (Phi) is 4.24. The fourth-order valence-corrected chi connectivity index (χ4v) is 3.60. The van der Waals surface area contributed by atoms with Crippen molar-refractivity contribution in [1.29, 1.82) is 0 Å². The summed E-state index contributed by atoms with van der Waals surface area (Å²) in [5.41, 5.74) is 6.24. The summed E-state index contributed by atoms with van der Waals surface area (Å²) in [5, 5.41) is 3.81. The zero-order valence-corrected chi connectivity index (χ0v) is 12.9. The van der Waals surface area contributed by atoms with Crippen molar-refractivity contribution >= 4 is 33.5 Å². The molecule has 116 valence electrons. The van der Waals surface area contributed by atoms with E-state index in [-0.39, 0.29) is 11.8 Å². The third-order valence-corrected chi connectivity index (χ3v) is 4.89. The number of nitrogens with zero attached hydrogens (tertiary/aromatic N) is 2. The molecule has 0 saturated carbocycles. The zero-order chi connectivity index (χ0) is 15.5. The van der Waals surface area contributed by atoms with Gasteiger partial charge in [-0.1, -0.05) is 12.1 Å². The monoisotopic (exact) mass is 318 g/mol. The Labute approximate surface area is 132 Å². The van der Waals surface area contributed by atoms with Gasteiger partial charge in [0.05, 0.1) is 22.7 Å². The van der Waals surface area contributed by atoms with Crippen LogP contribution in [0.4, 0.5) is 4.79 Å². The highest BCUT2D eigenvalue weighted by Gasteiger charge is 2.27. The summed E-state index contributed by atoms with van der Waals surface area (Å²) >= 11 is 1.58. The number of urea groups is 1. The van der Waals surface area contributed by atoms with Crippen molar-refractivity contribution in [2.45, 2.75) is 19.4 Å². The molecule has 3 N–H and O–H groups in total. The van der Waals surface area contributed by atoms with Crippen LogP contribution in [0.1, 0.15) is 17.8 Å². The summed E-state index contributed by atoms with van der Waals surface area (Å²) in [6.07, 6.45) is 1.59. The normalized spacial score (nSPS) is 18.4. The first-order chi connectivity index (χ1) is 10.6. The molecule has 0 radical (unpaired) electrons. The number of aromatic nitrogens is 1. The minimum atomic E-state index is -0.455. The topological polar surface area (TPSA) is 88.3 Å². The van der Waals surface area contributed by atoms with Crippen molar-refractivity contribution in [1.82, 2.24) is 15.2 Å². The lowest BCUT2D eigenvalue weighted by molar-refractivity contribution is -0.126. The highest BCUT2D eigenvalue weighted by atomic mass is 32.1. The van der Waals surface area contributed by atoms with E-state index in [4.69, 9.17) is 5.73 Å². The standard InChI is InChI=1S/C15H18N4O2S/c16-15(21)19-7-3-4-10(9-19)14(20)17-8-13-18-11-5-1-2-6-12(11)22-13/h1-2,5-6,10H,3-4,7-9H2,(H2,16,21)(H,17,20)/t10-/m1/s1. The second-order valence-corrected chi connectivity index (χ2v) is 6.53. The molecule has 1 aromatic heterocycles. The number of carbonyl (C=O) groups excluding carboxylic acids is 2. The van der Waals surface area contributed by atoms with E-state index in [1.165, 1.54) is 4.90 Å². The molecule has 1 saturated heterocycles. The number of likely N-dealkylation sites (tertiary alicyclic amines) is 1. The number of piperidine rings is 1. The second kappa shape index (κ2) is 6.31. The molecule has 3 amide bonds. The van der Waals surface area contributed by atoms with Gasteiger partial charge in [0.25, 0.3) is 0 Å². The Bertz CT molecular complexity index is 667. The van der Waals surface area contributed by atoms with Crippen LogP contribution < -0.4 is 11.1 Å². The largest absolute Gasteiger partial charge is 0.351 e. The van der Waals surface area contributed by atoms with Crippen LogP contribution in [-0.4, -0.2) is 34.9 Å². The Hall–Kier alpha value is -2.15. The molecule has 0 aliphatic carbocycles. The van der Waals surface area contributed by atoms with Crippen LogP contribution in [0.3, 0.4) is 0 Å². The van der Waals surface area contributed by atoms with E-state index in [1.807, 2.05) is 24.3 Å². The van der Waals surface area contributed by atoms with Crippen LogP contribution in [-0.2, 0) is 11.3 Å². The maximum atomic E-state index is 12.2. The van der Waals surface area contributed by atoms with E-state index in [9.17, 15) is 9.59 Å². The molecule has 1 aliphatic rings. The number of hydrogen-bond donors (Lipinski definition) is 2. The number of para-hydroxylation sites is 1. The number of carbonyl (C=O) groups is 2. The van der Waals surface area contributed by atoms with Gasteiger partial charge in [-0.25, -0.2) is 9.78 Å². The molecule has 6 nitrogen and oxygen atoms in total. The van der Waals surface area contributed by atoms with E-state index >= 15 is 0 Å². The molecule has 0 bridgehead atoms. The molecule has 1 aliphatic heterocycles. The average molecular weight is 318 g/mol. The van der Waals surface area contributed by atoms with E-state index in [2.05, 4.69) is 10.3 Å². The van der Waals surface area contributed by atoms with Gasteiger partial charge >= 0.3 is 6.03 Å². The van der Waals surface area contributed by atoms with Crippen LogP contribution in [0.2, 0.25) is 0 Å². The van der Waals surface area contributed by atoms with Crippen molar-refractivity contribution in [2.75, 3.05) is 13.1 Å². The fraction of sp³-hybridized carbons (Fsp3) is 0.400. The molecule has 1 atom stereocenters. The Morgan fingerprint density at radius 1 is 1.41 bits per heavy atom. The smallest absolute Gasteiger partial charge is 0.314 e. The summed E-state index contributed by atoms with van der Waals surface area (Å²) in [6.45, 7) is 1.46. The maximum absolute atomic E-state index is 12.2. The van der Waals surface area contributed by atoms with Gasteiger partial charge < -0.3 is 16.0 Å². The predicted octanol–water partition coefficient (Wildman–Crippen LogP) is 1.70. The number of amides is 3. The minimum absolute atomic E-state index is 0.0368. The van der Waals surface area contributed by atoms with Gasteiger partial charge in [-0.15, -0.1) is 11.3 Å². The Morgan fingerprint density at radius 3 is 3.00 bits per heavy atom. The number of nitrogens with two attached hydrogens (primary N) is 1. The molecule has 22 heavy (non-hydrogen) atoms. The minimum Gasteiger partial charge on any atom is -0.351 e. The van der Waals surface area contributed by atoms with Gasteiger partial charge in [0.15, 0.2) is 0 Å². The molecule has 0 spiro atoms. The first-order valence-electron chi connectivity index (χ1n) is 7.30. The van der Waals surface area contributed by atoms with E-state index < -0.39 is 6.03 Å². The van der Waals surface area contributed by atoms with Crippen LogP contribution in [0, 0.1) is 5.92 Å². The molecule has 7 heteroatoms. The number of rotatable bonds is 3. The van der Waals surface area contributed by atoms with Gasteiger partial charge in [0.2, 0.25) is 5.91 Å². The lowest BCUT2D eigenvalue weighted by Crippen LogP contribution is -2.47. The molecule has 0 unspecified atom stereocenters. The number of benzene rings is 1. The van der Waals surface area contributed by atoms with Crippen molar-refractivity contribution in [3.05, 3.63) is 29.3 Å². The number of hydrogen-bond acceptors (Lipinski definition) is 4. The summed E-state index contributed by atoms with van der Waals surface area (Å²) in [4.78, 5) is 29.5. The zero-order valence-electron chi connectivity index (χ0n) is 12.1. The van der Waals surface area contributed by atoms with Crippen molar-refractivity contribution in [3.63, 3.8) is 0 Å². The van der Waals surface area contributed by atoms with Crippen molar-refractivity contribution in [3.8, 4) is 0 Å². The van der Waals surface area contributed by atoms with Gasteiger partial charge in [-0.3, -0.25) is 4.79 Å². The number of thiazole rings is 1. The van der Waals surface area contributed by atoms with Crippen molar-refractivity contribution in [2.24, 2.45) is 11.7 Å². The fourth-order valence-electron chi connectivity index (χ4n) is 2.69. The van der Waals surface area contributed by atoms with Crippen LogP contribution >= 0.6 is 11.3 Å². The molecule has 2 aromatic rings. The van der Waals surface area contributed by atoms with Gasteiger partial charge in [-0.2, -0.15) is 0 Å². The first-order valence-corrected chi connectivity index (χ1v) is 8.11. The van der Waals surface area contributed by atoms with E-state index in [0.717, 1.165) is 28.1 Å². The lowest BCUT2D eigenvalue weighted by Gasteiger charge is -2.30. The van der Waals surface area contributed by atoms with Gasteiger partial charge in [0, 0.05) is 13.1 Å². The Balaban J connectivity index is 1.58. The molecule has 1 fully saturated rings. The SMILES string of the molecule is NC(=O)N1CCC[C@@H](C(=O)NCc2nc3ccccc3s2)C1. The van der Waals surface area contributed by atoms with Crippen LogP contribution in [0.25, 0.3) is 10.2 Å². The summed E-state index contributed by atoms with van der Waals surface area (Å²) in [6, 6.07) is 7.45. The third-order valence-electron chi connectivity index (χ3n) is 3.86. The van der Waals surface area contributed by atoms with E-state index in [1.54, 1.807) is 11.3 Å². The second-order valence-electron chi connectivity index (χ2n) is 5.42. The number of primary amides is 1. The van der Waals surface area contributed by atoms with Crippen LogP contribution in [0.15, 0.2) is 24.3 Å². The highest BCUT2D eigenvalue weighted by molar-refractivity contribution is 7.18. The van der Waals surface area contributed by atoms with Crippen LogP contribution in [0.5, 0.6) is 0 Å². The summed E-state index contributed by atoms with van der Waals surface area (Å²) < 4.78 is 1.12. The number of fused-ring (bicyclic) bond motifs is 1. The van der Waals surface area contributed by atoms with Gasteiger partial charge in [-0.05, 0) is 25.0 Å². The first kappa shape index (κ1) is 14.8. The molecular formula is C15H18N4O2S. The molecule has 3 rings (SSSR count). The predicted molar refractivity (Wildman–Crippen MR) is 85.3 cm³/mol. The molecule has 2 heterocycles. The summed E-state index contributed by atoms with van der Waals surface area (Å²) in [7, 11) is 0. The molecular weight excluding hydrogens is 300 g/mol. The highest BCUT2D eigenvalue weighted by Crippen LogP contribution is 2.22. The lowest BCUT2D eigenvalue weighted by atomic mass is 9.97. The van der Waals surface area contributed by atoms with Crippen molar-refractivity contribution < 1.29 is 9.59 Å².